The Kier molecular flexibility index (Phi) is 2.92. The monoisotopic (exact) mass is 251 g/mol. The van der Waals surface area contributed by atoms with Crippen molar-refractivity contribution in [3.8, 4) is 0 Å². The van der Waals surface area contributed by atoms with Gasteiger partial charge >= 0.3 is 5.97 Å². The lowest BCUT2D eigenvalue weighted by molar-refractivity contribution is -0.156. The van der Waals surface area contributed by atoms with Gasteiger partial charge in [0.25, 0.3) is 0 Å². The summed E-state index contributed by atoms with van der Waals surface area (Å²) in [6.45, 7) is 4.68. The molecule has 2 N–H and O–H groups in total. The first-order chi connectivity index (χ1) is 8.54. The van der Waals surface area contributed by atoms with E-state index in [0.29, 0.717) is 17.8 Å². The van der Waals surface area contributed by atoms with Crippen LogP contribution < -0.4 is 5.32 Å². The molecule has 0 aromatic rings. The van der Waals surface area contributed by atoms with Crippen LogP contribution in [0.1, 0.15) is 46.0 Å². The van der Waals surface area contributed by atoms with E-state index in [4.69, 9.17) is 0 Å². The quantitative estimate of drug-likeness (QED) is 0.807. The van der Waals surface area contributed by atoms with Crippen molar-refractivity contribution in [3.05, 3.63) is 0 Å². The van der Waals surface area contributed by atoms with Gasteiger partial charge in [-0.2, -0.15) is 0 Å². The Morgan fingerprint density at radius 2 is 1.67 bits per heavy atom. The third-order valence-corrected chi connectivity index (χ3v) is 5.88. The van der Waals surface area contributed by atoms with Crippen molar-refractivity contribution in [2.24, 2.45) is 29.6 Å². The van der Waals surface area contributed by atoms with Gasteiger partial charge in [-0.15, -0.1) is 0 Å². The standard InChI is InChI=1S/C15H25NO2/c1-3-16-15(2,14(17)18)13-11-5-9-4-10(7-11)8-12(13)6-9/h9-13,16H,3-8H2,1-2H3,(H,17,18). The largest absolute Gasteiger partial charge is 0.480 e. The van der Waals surface area contributed by atoms with Crippen molar-refractivity contribution >= 4 is 5.97 Å². The highest BCUT2D eigenvalue weighted by molar-refractivity contribution is 5.79. The number of nitrogens with one attached hydrogen (secondary N) is 1. The van der Waals surface area contributed by atoms with Crippen LogP contribution in [-0.2, 0) is 4.79 Å². The summed E-state index contributed by atoms with van der Waals surface area (Å²) in [6.07, 6.45) is 6.56. The molecule has 0 spiro atoms. The number of aliphatic carboxylic acids is 1. The molecule has 18 heavy (non-hydrogen) atoms. The highest BCUT2D eigenvalue weighted by Crippen LogP contribution is 2.59. The fraction of sp³-hybridized carbons (Fsp3) is 0.933. The van der Waals surface area contributed by atoms with E-state index >= 15 is 0 Å². The zero-order chi connectivity index (χ0) is 12.9. The second-order valence-electron chi connectivity index (χ2n) is 6.99. The predicted molar refractivity (Wildman–Crippen MR) is 70.3 cm³/mol. The van der Waals surface area contributed by atoms with E-state index in [9.17, 15) is 9.90 Å². The van der Waals surface area contributed by atoms with Crippen LogP contribution in [0.3, 0.4) is 0 Å². The normalized spacial score (nSPS) is 44.9. The molecular weight excluding hydrogens is 226 g/mol. The van der Waals surface area contributed by atoms with E-state index in [1.54, 1.807) is 0 Å². The summed E-state index contributed by atoms with van der Waals surface area (Å²) in [5, 5.41) is 13.0. The molecule has 4 aliphatic rings. The second-order valence-corrected chi connectivity index (χ2v) is 6.99. The molecule has 1 atom stereocenters. The summed E-state index contributed by atoms with van der Waals surface area (Å²) in [5.41, 5.74) is -0.711. The molecule has 0 saturated heterocycles. The fourth-order valence-corrected chi connectivity index (χ4v) is 5.57. The lowest BCUT2D eigenvalue weighted by Crippen LogP contribution is -2.63. The first kappa shape index (κ1) is 12.5. The zero-order valence-corrected chi connectivity index (χ0v) is 11.5. The summed E-state index contributed by atoms with van der Waals surface area (Å²) in [5.74, 6) is 2.82. The molecule has 4 fully saturated rings. The van der Waals surface area contributed by atoms with Gasteiger partial charge < -0.3 is 10.4 Å². The predicted octanol–water partition coefficient (Wildman–Crippen LogP) is 2.51. The fourth-order valence-electron chi connectivity index (χ4n) is 5.57. The van der Waals surface area contributed by atoms with E-state index < -0.39 is 11.5 Å². The van der Waals surface area contributed by atoms with E-state index in [1.807, 2.05) is 13.8 Å². The van der Waals surface area contributed by atoms with Crippen LogP contribution in [-0.4, -0.2) is 23.2 Å². The van der Waals surface area contributed by atoms with Crippen LogP contribution in [0.4, 0.5) is 0 Å². The van der Waals surface area contributed by atoms with Crippen LogP contribution in [0.2, 0.25) is 0 Å². The molecule has 4 saturated carbocycles. The molecular formula is C15H25NO2. The second kappa shape index (κ2) is 4.22. The Bertz CT molecular complexity index is 326. The van der Waals surface area contributed by atoms with E-state index in [2.05, 4.69) is 5.32 Å². The molecule has 4 rings (SSSR count). The van der Waals surface area contributed by atoms with Crippen molar-refractivity contribution in [1.29, 1.82) is 0 Å². The molecule has 3 nitrogen and oxygen atoms in total. The average Bonchev–Trinajstić information content (AvgIpc) is 2.27. The topological polar surface area (TPSA) is 49.3 Å². The Hall–Kier alpha value is -0.570. The molecule has 0 heterocycles. The van der Waals surface area contributed by atoms with Crippen LogP contribution >= 0.6 is 0 Å². The summed E-state index contributed by atoms with van der Waals surface area (Å²) >= 11 is 0. The molecule has 0 aromatic heterocycles. The summed E-state index contributed by atoms with van der Waals surface area (Å²) < 4.78 is 0. The van der Waals surface area contributed by atoms with Crippen molar-refractivity contribution in [1.82, 2.24) is 5.32 Å². The molecule has 0 amide bonds. The lowest BCUT2D eigenvalue weighted by atomic mass is 9.48. The molecule has 3 heteroatoms. The van der Waals surface area contributed by atoms with Gasteiger partial charge in [-0.05, 0) is 75.2 Å². The Labute approximate surface area is 109 Å². The number of carbonyl (C=O) groups is 1. The smallest absolute Gasteiger partial charge is 0.323 e. The molecule has 1 unspecified atom stereocenters. The number of carboxylic acids is 1. The average molecular weight is 251 g/mol. The Morgan fingerprint density at radius 1 is 1.17 bits per heavy atom. The number of carboxylic acid groups (broad SMARTS) is 1. The minimum Gasteiger partial charge on any atom is -0.480 e. The molecule has 0 radical (unpaired) electrons. The van der Waals surface area contributed by atoms with Crippen molar-refractivity contribution in [2.75, 3.05) is 6.54 Å². The SMILES string of the molecule is CCNC(C)(C(=O)O)C1C2CC3CC(C2)CC1C3. The molecule has 4 bridgehead atoms. The molecule has 4 aliphatic carbocycles. The molecule has 0 aromatic carbocycles. The number of rotatable bonds is 4. The minimum absolute atomic E-state index is 0.350. The first-order valence-corrected chi connectivity index (χ1v) is 7.53. The molecule has 0 aliphatic heterocycles. The minimum atomic E-state index is -0.711. The van der Waals surface area contributed by atoms with Gasteiger partial charge in [-0.3, -0.25) is 4.79 Å². The van der Waals surface area contributed by atoms with Crippen LogP contribution in [0.5, 0.6) is 0 Å². The number of likely N-dealkylation sites (N-methyl/N-ethyl adjacent to an activating group) is 1. The third kappa shape index (κ3) is 1.70. The maximum atomic E-state index is 11.8. The lowest BCUT2D eigenvalue weighted by Gasteiger charge is -2.58. The first-order valence-electron chi connectivity index (χ1n) is 7.53. The maximum absolute atomic E-state index is 11.8. The van der Waals surface area contributed by atoms with Gasteiger partial charge in [0, 0.05) is 0 Å². The van der Waals surface area contributed by atoms with Gasteiger partial charge in [0.2, 0.25) is 0 Å². The van der Waals surface area contributed by atoms with E-state index in [-0.39, 0.29) is 0 Å². The van der Waals surface area contributed by atoms with Gasteiger partial charge in [0.05, 0.1) is 0 Å². The van der Waals surface area contributed by atoms with E-state index in [0.717, 1.165) is 18.4 Å². The zero-order valence-electron chi connectivity index (χ0n) is 11.5. The maximum Gasteiger partial charge on any atom is 0.323 e. The van der Waals surface area contributed by atoms with Crippen molar-refractivity contribution < 1.29 is 9.90 Å². The van der Waals surface area contributed by atoms with Crippen LogP contribution in [0.25, 0.3) is 0 Å². The van der Waals surface area contributed by atoms with Crippen molar-refractivity contribution in [3.63, 3.8) is 0 Å². The van der Waals surface area contributed by atoms with Gasteiger partial charge in [-0.25, -0.2) is 0 Å². The highest BCUT2D eigenvalue weighted by Gasteiger charge is 2.56. The molecule has 102 valence electrons. The third-order valence-electron chi connectivity index (χ3n) is 5.88. The van der Waals surface area contributed by atoms with Gasteiger partial charge in [0.1, 0.15) is 5.54 Å². The van der Waals surface area contributed by atoms with E-state index in [1.165, 1.54) is 32.1 Å². The summed E-state index contributed by atoms with van der Waals surface area (Å²) in [4.78, 5) is 11.8. The van der Waals surface area contributed by atoms with Gasteiger partial charge in [0.15, 0.2) is 0 Å². The highest BCUT2D eigenvalue weighted by atomic mass is 16.4. The van der Waals surface area contributed by atoms with Crippen molar-refractivity contribution in [2.45, 2.75) is 51.5 Å². The Morgan fingerprint density at radius 3 is 2.06 bits per heavy atom. The number of hydrogen-bond acceptors (Lipinski definition) is 2. The number of hydrogen-bond donors (Lipinski definition) is 2. The summed E-state index contributed by atoms with van der Waals surface area (Å²) in [6, 6.07) is 0. The Balaban J connectivity index is 1.88. The van der Waals surface area contributed by atoms with Gasteiger partial charge in [-0.1, -0.05) is 6.92 Å². The summed E-state index contributed by atoms with van der Waals surface area (Å²) in [7, 11) is 0. The van der Waals surface area contributed by atoms with Crippen LogP contribution in [0.15, 0.2) is 0 Å². The van der Waals surface area contributed by atoms with Crippen LogP contribution in [0, 0.1) is 29.6 Å².